The average molecular weight is 168 g/mol. The number of pyridine rings is 1. The van der Waals surface area contributed by atoms with Gasteiger partial charge < -0.3 is 15.2 Å². The van der Waals surface area contributed by atoms with Gasteiger partial charge in [0.25, 0.3) is 0 Å². The smallest absolute Gasteiger partial charge is 0.405 e. The number of rotatable bonds is 2. The molecule has 6 nitrogen and oxygen atoms in total. The monoisotopic (exact) mass is 168 g/mol. The second kappa shape index (κ2) is 2.95. The molecular weight excluding hydrogens is 164 g/mol. The molecule has 1 heterocycles. The maximum atomic E-state index is 10.1. The van der Waals surface area contributed by atoms with E-state index in [0.29, 0.717) is 6.29 Å². The lowest BCUT2D eigenvalue weighted by atomic mass is 10.3. The van der Waals surface area contributed by atoms with Gasteiger partial charge in [-0.15, -0.1) is 0 Å². The molecule has 6 heteroatoms. The minimum Gasteiger partial charge on any atom is -0.501 e. The van der Waals surface area contributed by atoms with E-state index in [9.17, 15) is 14.9 Å². The van der Waals surface area contributed by atoms with Gasteiger partial charge in [-0.1, -0.05) is 0 Å². The molecule has 0 saturated heterocycles. The molecule has 0 aliphatic heterocycles. The first kappa shape index (κ1) is 8.12. The normalized spacial score (nSPS) is 9.33. The van der Waals surface area contributed by atoms with Gasteiger partial charge in [0.2, 0.25) is 5.75 Å². The van der Waals surface area contributed by atoms with Crippen molar-refractivity contribution in [2.45, 2.75) is 0 Å². The molecule has 0 atom stereocenters. The Bertz CT molecular complexity index is 336. The zero-order chi connectivity index (χ0) is 9.14. The summed E-state index contributed by atoms with van der Waals surface area (Å²) in [5.74, 6) is -1.26. The fraction of sp³-hybridized carbons (Fsp3) is 0. The van der Waals surface area contributed by atoms with Crippen LogP contribution in [0.5, 0.6) is 5.75 Å². The van der Waals surface area contributed by atoms with Gasteiger partial charge in [0.05, 0.1) is 5.56 Å². The van der Waals surface area contributed by atoms with E-state index in [0.717, 1.165) is 12.3 Å². The van der Waals surface area contributed by atoms with E-state index in [1.807, 2.05) is 0 Å². The fourth-order valence-corrected chi connectivity index (χ4v) is 0.667. The van der Waals surface area contributed by atoms with Crippen molar-refractivity contribution in [2.24, 2.45) is 0 Å². The predicted octanol–water partition coefficient (Wildman–Crippen LogP) is 0.508. The van der Waals surface area contributed by atoms with Crippen LogP contribution in [0.3, 0.4) is 0 Å². The highest BCUT2D eigenvalue weighted by atomic mass is 16.6. The Hall–Kier alpha value is -1.98. The summed E-state index contributed by atoms with van der Waals surface area (Å²) in [5.41, 5.74) is 0.0955. The van der Waals surface area contributed by atoms with Crippen LogP contribution in [0.15, 0.2) is 12.3 Å². The molecule has 0 spiro atoms. The molecular formula is C6H4N2O4. The predicted molar refractivity (Wildman–Crippen MR) is 37.9 cm³/mol. The zero-order valence-electron chi connectivity index (χ0n) is 5.80. The Morgan fingerprint density at radius 3 is 2.75 bits per heavy atom. The minimum atomic E-state index is -0.829. The number of aromatic hydroxyl groups is 1. The van der Waals surface area contributed by atoms with Gasteiger partial charge >= 0.3 is 5.82 Å². The van der Waals surface area contributed by atoms with Gasteiger partial charge in [0, 0.05) is 6.07 Å². The van der Waals surface area contributed by atoms with E-state index in [2.05, 4.69) is 4.98 Å². The van der Waals surface area contributed by atoms with Gasteiger partial charge in [-0.05, 0) is 9.91 Å². The number of nitro groups is 1. The summed E-state index contributed by atoms with van der Waals surface area (Å²) < 4.78 is 0. The van der Waals surface area contributed by atoms with Crippen LogP contribution >= 0.6 is 0 Å². The first-order valence-electron chi connectivity index (χ1n) is 2.93. The molecule has 0 unspecified atom stereocenters. The maximum absolute atomic E-state index is 10.1. The number of hydrogen-bond donors (Lipinski definition) is 1. The topological polar surface area (TPSA) is 93.3 Å². The minimum absolute atomic E-state index is 0.0955. The lowest BCUT2D eigenvalue weighted by Crippen LogP contribution is -1.93. The number of nitrogens with zero attached hydrogens (tertiary/aromatic N) is 2. The summed E-state index contributed by atoms with van der Waals surface area (Å²) in [6.45, 7) is 0. The summed E-state index contributed by atoms with van der Waals surface area (Å²) in [6, 6.07) is 0.984. The third-order valence-electron chi connectivity index (χ3n) is 1.18. The first-order valence-corrected chi connectivity index (χ1v) is 2.93. The van der Waals surface area contributed by atoms with Crippen LogP contribution in [0.4, 0.5) is 5.82 Å². The first-order chi connectivity index (χ1) is 5.65. The Morgan fingerprint density at radius 1 is 1.67 bits per heavy atom. The highest BCUT2D eigenvalue weighted by Gasteiger charge is 2.14. The van der Waals surface area contributed by atoms with Crippen molar-refractivity contribution in [1.82, 2.24) is 4.98 Å². The standard InChI is InChI=1S/C6H4N2O4/c9-3-4-1-5(10)6(7-2-4)8(11)12/h1-3,10H. The van der Waals surface area contributed by atoms with E-state index in [4.69, 9.17) is 5.11 Å². The summed E-state index contributed by atoms with van der Waals surface area (Å²) in [6.07, 6.45) is 1.46. The lowest BCUT2D eigenvalue weighted by molar-refractivity contribution is -0.390. The molecule has 0 aliphatic carbocycles. The van der Waals surface area contributed by atoms with E-state index in [1.54, 1.807) is 0 Å². The number of hydrogen-bond acceptors (Lipinski definition) is 5. The molecule has 0 amide bonds. The molecule has 1 rings (SSSR count). The van der Waals surface area contributed by atoms with Crippen molar-refractivity contribution in [2.75, 3.05) is 0 Å². The van der Waals surface area contributed by atoms with Crippen LogP contribution in [-0.2, 0) is 0 Å². The van der Waals surface area contributed by atoms with E-state index < -0.39 is 16.5 Å². The SMILES string of the molecule is O=Cc1cnc([N+](=O)[O-])c(O)c1. The second-order valence-electron chi connectivity index (χ2n) is 1.99. The molecule has 0 aromatic carbocycles. The number of carbonyl (C=O) groups excluding carboxylic acids is 1. The third-order valence-corrected chi connectivity index (χ3v) is 1.18. The fourth-order valence-electron chi connectivity index (χ4n) is 0.667. The molecule has 0 aliphatic rings. The van der Waals surface area contributed by atoms with Crippen LogP contribution in [0.1, 0.15) is 10.4 Å². The van der Waals surface area contributed by atoms with Gasteiger partial charge in [0.15, 0.2) is 12.5 Å². The Kier molecular flexibility index (Phi) is 2.00. The lowest BCUT2D eigenvalue weighted by Gasteiger charge is -1.94. The molecule has 12 heavy (non-hydrogen) atoms. The zero-order valence-corrected chi connectivity index (χ0v) is 5.80. The third kappa shape index (κ3) is 1.36. The van der Waals surface area contributed by atoms with E-state index in [1.165, 1.54) is 0 Å². The quantitative estimate of drug-likeness (QED) is 0.394. The molecule has 0 radical (unpaired) electrons. The Morgan fingerprint density at radius 2 is 2.33 bits per heavy atom. The van der Waals surface area contributed by atoms with Crippen molar-refractivity contribution in [3.63, 3.8) is 0 Å². The summed E-state index contributed by atoms with van der Waals surface area (Å²) in [4.78, 5) is 22.7. The largest absolute Gasteiger partial charge is 0.501 e. The number of aldehydes is 1. The van der Waals surface area contributed by atoms with E-state index >= 15 is 0 Å². The number of aromatic nitrogens is 1. The van der Waals surface area contributed by atoms with Gasteiger partial charge in [0.1, 0.15) is 0 Å². The van der Waals surface area contributed by atoms with Crippen LogP contribution in [0.25, 0.3) is 0 Å². The van der Waals surface area contributed by atoms with Gasteiger partial charge in [-0.2, -0.15) is 0 Å². The molecule has 62 valence electrons. The van der Waals surface area contributed by atoms with Crippen molar-refractivity contribution in [1.29, 1.82) is 0 Å². The molecule has 0 bridgehead atoms. The van der Waals surface area contributed by atoms with Crippen molar-refractivity contribution >= 4 is 12.1 Å². The van der Waals surface area contributed by atoms with E-state index in [-0.39, 0.29) is 5.56 Å². The highest BCUT2D eigenvalue weighted by Crippen LogP contribution is 2.21. The highest BCUT2D eigenvalue weighted by molar-refractivity contribution is 5.75. The van der Waals surface area contributed by atoms with Crippen LogP contribution < -0.4 is 0 Å². The summed E-state index contributed by atoms with van der Waals surface area (Å²) in [5, 5.41) is 19.0. The van der Waals surface area contributed by atoms with Crippen molar-refractivity contribution < 1.29 is 14.8 Å². The molecule has 1 N–H and O–H groups in total. The van der Waals surface area contributed by atoms with Gasteiger partial charge in [-0.3, -0.25) is 4.79 Å². The average Bonchev–Trinajstić information content (AvgIpc) is 2.03. The molecule has 1 aromatic heterocycles. The second-order valence-corrected chi connectivity index (χ2v) is 1.99. The maximum Gasteiger partial charge on any atom is 0.405 e. The Balaban J connectivity index is 3.20. The van der Waals surface area contributed by atoms with Crippen LogP contribution in [0.2, 0.25) is 0 Å². The number of carbonyl (C=O) groups is 1. The molecule has 0 saturated carbocycles. The van der Waals surface area contributed by atoms with Crippen molar-refractivity contribution in [3.05, 3.63) is 27.9 Å². The summed E-state index contributed by atoms with van der Waals surface area (Å²) in [7, 11) is 0. The van der Waals surface area contributed by atoms with Crippen LogP contribution in [-0.4, -0.2) is 21.3 Å². The summed E-state index contributed by atoms with van der Waals surface area (Å²) >= 11 is 0. The molecule has 1 aromatic rings. The van der Waals surface area contributed by atoms with Gasteiger partial charge in [-0.25, -0.2) is 0 Å². The Labute approximate surface area is 66.6 Å². The van der Waals surface area contributed by atoms with Crippen LogP contribution in [0, 0.1) is 10.1 Å². The van der Waals surface area contributed by atoms with Crippen molar-refractivity contribution in [3.8, 4) is 5.75 Å². The molecule has 0 fully saturated rings.